The van der Waals surface area contributed by atoms with Gasteiger partial charge in [-0.05, 0) is 80.5 Å². The summed E-state index contributed by atoms with van der Waals surface area (Å²) in [7, 11) is 6.93. The number of carbonyl (C=O) groups excluding carboxylic acids is 1. The lowest BCUT2D eigenvalue weighted by molar-refractivity contribution is -0.135. The molecular weight excluding hydrogens is 295 g/mol. The van der Waals surface area contributed by atoms with E-state index >= 15 is 0 Å². The Morgan fingerprint density at radius 2 is 1.75 bits per heavy atom. The fourth-order valence-corrected chi connectivity index (χ4v) is 7.99. The summed E-state index contributed by atoms with van der Waals surface area (Å²) in [4.78, 5) is 12.2. The zero-order chi connectivity index (χ0) is 17.3. The Morgan fingerprint density at radius 1 is 1.00 bits per heavy atom. The Bertz CT molecular complexity index is 548. The van der Waals surface area contributed by atoms with Crippen molar-refractivity contribution in [2.24, 2.45) is 34.5 Å². The first kappa shape index (κ1) is 17.1. The smallest absolute Gasteiger partial charge is 0.133 e. The van der Waals surface area contributed by atoms with E-state index in [1.165, 1.54) is 25.7 Å². The van der Waals surface area contributed by atoms with E-state index in [0.717, 1.165) is 38.0 Å². The molecule has 0 aromatic heterocycles. The third kappa shape index (κ3) is 2.09. The van der Waals surface area contributed by atoms with Gasteiger partial charge in [-0.15, -0.1) is 0 Å². The highest BCUT2D eigenvalue weighted by Crippen LogP contribution is 2.72. The van der Waals surface area contributed by atoms with Crippen molar-refractivity contribution in [3.05, 3.63) is 0 Å². The minimum atomic E-state index is -0.206. The van der Waals surface area contributed by atoms with Crippen LogP contribution >= 0.6 is 0 Å². The van der Waals surface area contributed by atoms with Gasteiger partial charge in [0.15, 0.2) is 0 Å². The highest BCUT2D eigenvalue weighted by Gasteiger charge is 2.63. The number of hydrogen-bond donors (Lipinski definition) is 1. The molecule has 24 heavy (non-hydrogen) atoms. The molecule has 2 radical (unpaired) electrons. The highest BCUT2D eigenvalue weighted by molar-refractivity contribution is 6.16. The molecule has 0 amide bonds. The SMILES string of the molecule is [B][C@]12CC[C@H]3[C@@H]4CC[C@H](C(C)=O)[C@@]4(C)CC[C@@H]3[C@@]1(C)CC[C@H](O)C2. The van der Waals surface area contributed by atoms with Crippen molar-refractivity contribution >= 4 is 13.6 Å². The summed E-state index contributed by atoms with van der Waals surface area (Å²) < 4.78 is 0. The van der Waals surface area contributed by atoms with E-state index < -0.39 is 0 Å². The van der Waals surface area contributed by atoms with Crippen LogP contribution in [0, 0.1) is 34.5 Å². The Balaban J connectivity index is 1.65. The van der Waals surface area contributed by atoms with Crippen molar-refractivity contribution in [2.75, 3.05) is 0 Å². The van der Waals surface area contributed by atoms with Crippen LogP contribution < -0.4 is 0 Å². The van der Waals surface area contributed by atoms with Gasteiger partial charge in [-0.25, -0.2) is 0 Å². The predicted octanol–water partition coefficient (Wildman–Crippen LogP) is 4.31. The van der Waals surface area contributed by atoms with Crippen molar-refractivity contribution < 1.29 is 9.90 Å². The molecule has 0 bridgehead atoms. The molecule has 3 heteroatoms. The minimum Gasteiger partial charge on any atom is -0.393 e. The second-order valence-electron chi connectivity index (χ2n) is 10.2. The molecule has 0 aromatic carbocycles. The third-order valence-corrected chi connectivity index (χ3v) is 9.40. The van der Waals surface area contributed by atoms with Gasteiger partial charge in [-0.2, -0.15) is 0 Å². The zero-order valence-electron chi connectivity index (χ0n) is 15.7. The Hall–Kier alpha value is -0.305. The first-order valence-electron chi connectivity index (χ1n) is 10.2. The number of hydrogen-bond acceptors (Lipinski definition) is 2. The molecule has 4 rings (SSSR count). The molecule has 4 aliphatic rings. The van der Waals surface area contributed by atoms with Gasteiger partial charge in [0.2, 0.25) is 0 Å². The number of aliphatic hydroxyl groups is 1. The first-order chi connectivity index (χ1) is 11.2. The van der Waals surface area contributed by atoms with Gasteiger partial charge in [-0.3, -0.25) is 4.79 Å². The van der Waals surface area contributed by atoms with Gasteiger partial charge < -0.3 is 5.11 Å². The molecule has 0 saturated heterocycles. The van der Waals surface area contributed by atoms with E-state index in [2.05, 4.69) is 13.8 Å². The van der Waals surface area contributed by atoms with E-state index in [9.17, 15) is 9.90 Å². The maximum Gasteiger partial charge on any atom is 0.133 e. The number of fused-ring (bicyclic) bond motifs is 5. The van der Waals surface area contributed by atoms with Gasteiger partial charge in [0.05, 0.1) is 14.0 Å². The predicted molar refractivity (Wildman–Crippen MR) is 96.9 cm³/mol. The summed E-state index contributed by atoms with van der Waals surface area (Å²) in [5, 5.41) is 10.0. The standard InChI is InChI=1S/C21H33BO2/c1-13(23)16-4-5-17-15-7-11-21(22)12-14(24)6-10-20(21,3)18(15)8-9-19(16,17)2/h14-18,24H,4-12H2,1-3H3/t14-,15-,16+,17-,18-,19+,20+,21-/m0/s1. The van der Waals surface area contributed by atoms with Crippen molar-refractivity contribution in [2.45, 2.75) is 90.0 Å². The first-order valence-corrected chi connectivity index (χ1v) is 10.2. The van der Waals surface area contributed by atoms with Crippen molar-refractivity contribution in [1.29, 1.82) is 0 Å². The third-order valence-electron chi connectivity index (χ3n) is 9.40. The normalized spacial score (nSPS) is 56.9. The van der Waals surface area contributed by atoms with E-state index in [0.29, 0.717) is 17.6 Å². The Morgan fingerprint density at radius 3 is 2.46 bits per heavy atom. The summed E-state index contributed by atoms with van der Waals surface area (Å²) in [6, 6.07) is 0. The molecule has 8 atom stereocenters. The molecule has 0 aliphatic heterocycles. The van der Waals surface area contributed by atoms with Crippen LogP contribution in [0.15, 0.2) is 0 Å². The van der Waals surface area contributed by atoms with E-state index in [4.69, 9.17) is 7.85 Å². The lowest BCUT2D eigenvalue weighted by atomic mass is 9.35. The molecule has 0 unspecified atom stereocenters. The van der Waals surface area contributed by atoms with E-state index in [1.54, 1.807) is 6.92 Å². The van der Waals surface area contributed by atoms with Crippen molar-refractivity contribution in [1.82, 2.24) is 0 Å². The highest BCUT2D eigenvalue weighted by atomic mass is 16.3. The summed E-state index contributed by atoms with van der Waals surface area (Å²) in [5.74, 6) is 2.83. The second-order valence-corrected chi connectivity index (χ2v) is 10.2. The zero-order valence-corrected chi connectivity index (χ0v) is 15.7. The van der Waals surface area contributed by atoms with Gasteiger partial charge in [0, 0.05) is 5.92 Å². The number of carbonyl (C=O) groups is 1. The molecule has 4 aliphatic carbocycles. The van der Waals surface area contributed by atoms with Crippen molar-refractivity contribution in [3.63, 3.8) is 0 Å². The monoisotopic (exact) mass is 328 g/mol. The molecule has 0 spiro atoms. The molecule has 1 N–H and O–H groups in total. The average molecular weight is 328 g/mol. The fourth-order valence-electron chi connectivity index (χ4n) is 7.99. The van der Waals surface area contributed by atoms with Gasteiger partial charge in [0.1, 0.15) is 5.78 Å². The molecule has 0 aromatic rings. The van der Waals surface area contributed by atoms with Gasteiger partial charge in [0.25, 0.3) is 0 Å². The number of aliphatic hydroxyl groups excluding tert-OH is 1. The molecule has 4 saturated carbocycles. The molecule has 2 nitrogen and oxygen atoms in total. The van der Waals surface area contributed by atoms with E-state index in [-0.39, 0.29) is 28.2 Å². The lowest BCUT2D eigenvalue weighted by Crippen LogP contribution is -2.56. The minimum absolute atomic E-state index is 0.171. The van der Waals surface area contributed by atoms with Crippen molar-refractivity contribution in [3.8, 4) is 0 Å². The molecule has 4 fully saturated rings. The van der Waals surface area contributed by atoms with Crippen LogP contribution in [0.4, 0.5) is 0 Å². The van der Waals surface area contributed by atoms with Crippen LogP contribution in [0.3, 0.4) is 0 Å². The molecular formula is C21H33BO2. The summed E-state index contributed by atoms with van der Waals surface area (Å²) in [5.41, 5.74) is 0.400. The average Bonchev–Trinajstić information content (AvgIpc) is 2.86. The fraction of sp³-hybridized carbons (Fsp3) is 0.952. The Labute approximate surface area is 148 Å². The molecule has 132 valence electrons. The van der Waals surface area contributed by atoms with Crippen LogP contribution in [0.25, 0.3) is 0 Å². The van der Waals surface area contributed by atoms with Crippen LogP contribution in [0.5, 0.6) is 0 Å². The summed E-state index contributed by atoms with van der Waals surface area (Å²) in [6.45, 7) is 6.64. The van der Waals surface area contributed by atoms with Crippen LogP contribution in [-0.4, -0.2) is 24.8 Å². The quantitative estimate of drug-likeness (QED) is 0.729. The lowest BCUT2D eigenvalue weighted by Gasteiger charge is -2.65. The number of Topliss-reactive ketones (excluding diaryl/α,β-unsaturated/α-hetero) is 1. The topological polar surface area (TPSA) is 37.3 Å². The van der Waals surface area contributed by atoms with Crippen LogP contribution in [-0.2, 0) is 4.79 Å². The van der Waals surface area contributed by atoms with Gasteiger partial charge >= 0.3 is 0 Å². The second kappa shape index (κ2) is 5.35. The number of rotatable bonds is 1. The van der Waals surface area contributed by atoms with Crippen LogP contribution in [0.1, 0.15) is 78.6 Å². The van der Waals surface area contributed by atoms with E-state index in [1.807, 2.05) is 0 Å². The molecule has 0 heterocycles. The summed E-state index contributed by atoms with van der Waals surface area (Å²) >= 11 is 0. The summed E-state index contributed by atoms with van der Waals surface area (Å²) in [6.07, 6.45) is 9.58. The number of ketones is 1. The van der Waals surface area contributed by atoms with Crippen LogP contribution in [0.2, 0.25) is 5.31 Å². The van der Waals surface area contributed by atoms with Gasteiger partial charge in [-0.1, -0.05) is 32.0 Å². The largest absolute Gasteiger partial charge is 0.393 e. The Kier molecular flexibility index (Phi) is 3.82. The maximum absolute atomic E-state index is 12.2. The maximum atomic E-state index is 12.2.